The van der Waals surface area contributed by atoms with Crippen LogP contribution in [0.15, 0.2) is 16.6 Å². The molecule has 5 heteroatoms. The average molecular weight is 359 g/mol. The molecule has 1 saturated heterocycles. The lowest BCUT2D eigenvalue weighted by Gasteiger charge is -2.32. The molecule has 0 spiro atoms. The maximum atomic E-state index is 14.6. The summed E-state index contributed by atoms with van der Waals surface area (Å²) in [4.78, 5) is 2.42. The molecular formula is C15H20BrFN2S. The minimum atomic E-state index is -0.254. The zero-order valence-electron chi connectivity index (χ0n) is 11.7. The lowest BCUT2D eigenvalue weighted by molar-refractivity contribution is 0.538. The zero-order valence-corrected chi connectivity index (χ0v) is 14.1. The van der Waals surface area contributed by atoms with E-state index in [0.717, 1.165) is 25.8 Å². The van der Waals surface area contributed by atoms with Crippen LogP contribution in [0.25, 0.3) is 0 Å². The summed E-state index contributed by atoms with van der Waals surface area (Å²) in [6.07, 6.45) is 5.73. The second-order valence-electron chi connectivity index (χ2n) is 5.23. The molecule has 2 nitrogen and oxygen atoms in total. The number of thiocarbonyl (C=S) groups is 1. The van der Waals surface area contributed by atoms with E-state index in [0.29, 0.717) is 21.8 Å². The predicted molar refractivity (Wildman–Crippen MR) is 89.9 cm³/mol. The second kappa shape index (κ2) is 6.85. The molecule has 1 unspecified atom stereocenters. The van der Waals surface area contributed by atoms with Crippen LogP contribution in [0, 0.1) is 5.82 Å². The number of benzene rings is 1. The molecular weight excluding hydrogens is 339 g/mol. The summed E-state index contributed by atoms with van der Waals surface area (Å²) in [5.74, 6) is -0.254. The fourth-order valence-electron chi connectivity index (χ4n) is 2.87. The zero-order chi connectivity index (χ0) is 14.7. The van der Waals surface area contributed by atoms with Crippen molar-refractivity contribution in [3.63, 3.8) is 0 Å². The summed E-state index contributed by atoms with van der Waals surface area (Å²) in [6, 6.07) is 4.03. The topological polar surface area (TPSA) is 29.3 Å². The Kier molecular flexibility index (Phi) is 5.38. The number of rotatable bonds is 3. The van der Waals surface area contributed by atoms with Gasteiger partial charge in [0, 0.05) is 18.2 Å². The molecule has 1 aliphatic rings. The first-order valence-electron chi connectivity index (χ1n) is 7.10. The van der Waals surface area contributed by atoms with Crippen LogP contribution < -0.4 is 10.6 Å². The molecule has 0 radical (unpaired) electrons. The number of anilines is 1. The van der Waals surface area contributed by atoms with Crippen LogP contribution in [-0.2, 0) is 0 Å². The lowest BCUT2D eigenvalue weighted by Crippen LogP contribution is -2.35. The monoisotopic (exact) mass is 358 g/mol. The van der Waals surface area contributed by atoms with E-state index in [1.807, 2.05) is 12.1 Å². The van der Waals surface area contributed by atoms with Crippen LogP contribution >= 0.6 is 28.1 Å². The smallest absolute Gasteiger partial charge is 0.161 e. The van der Waals surface area contributed by atoms with E-state index >= 15 is 0 Å². The second-order valence-corrected chi connectivity index (χ2v) is 6.46. The standard InChI is InChI=1S/C15H20BrFN2S/c1-2-10-6-4-3-5-9-19(10)12-8-7-11(15(18)20)13(16)14(12)17/h7-8,10H,2-6,9H2,1H3,(H2,18,20). The van der Waals surface area contributed by atoms with E-state index in [1.54, 1.807) is 0 Å². The van der Waals surface area contributed by atoms with Crippen LogP contribution in [0.5, 0.6) is 0 Å². The minimum absolute atomic E-state index is 0.213. The van der Waals surface area contributed by atoms with Crippen molar-refractivity contribution >= 4 is 38.8 Å². The molecule has 1 fully saturated rings. The molecule has 0 aromatic heterocycles. The Bertz CT molecular complexity index is 507. The summed E-state index contributed by atoms with van der Waals surface area (Å²) in [6.45, 7) is 3.08. The highest BCUT2D eigenvalue weighted by Crippen LogP contribution is 2.33. The van der Waals surface area contributed by atoms with Crippen molar-refractivity contribution in [1.82, 2.24) is 0 Å². The third-order valence-electron chi connectivity index (χ3n) is 3.99. The number of hydrogen-bond donors (Lipinski definition) is 1. The summed E-state index contributed by atoms with van der Waals surface area (Å²) >= 11 is 8.23. The Morgan fingerprint density at radius 2 is 2.20 bits per heavy atom. The minimum Gasteiger partial charge on any atom is -0.389 e. The Balaban J connectivity index is 2.40. The van der Waals surface area contributed by atoms with Gasteiger partial charge in [0.1, 0.15) is 4.99 Å². The summed E-state index contributed by atoms with van der Waals surface area (Å²) in [5, 5.41) is 0. The van der Waals surface area contributed by atoms with Gasteiger partial charge in [-0.05, 0) is 47.3 Å². The first kappa shape index (κ1) is 15.7. The molecule has 1 atom stereocenters. The van der Waals surface area contributed by atoms with Crippen molar-refractivity contribution in [2.75, 3.05) is 11.4 Å². The number of hydrogen-bond acceptors (Lipinski definition) is 2. The molecule has 110 valence electrons. The van der Waals surface area contributed by atoms with Crippen LogP contribution in [0.3, 0.4) is 0 Å². The van der Waals surface area contributed by atoms with Crippen molar-refractivity contribution in [3.05, 3.63) is 28.0 Å². The van der Waals surface area contributed by atoms with E-state index < -0.39 is 0 Å². The molecule has 2 rings (SSSR count). The Labute approximate surface area is 133 Å². The fraction of sp³-hybridized carbons (Fsp3) is 0.533. The number of nitrogens with zero attached hydrogens (tertiary/aromatic N) is 1. The van der Waals surface area contributed by atoms with Crippen molar-refractivity contribution in [1.29, 1.82) is 0 Å². The van der Waals surface area contributed by atoms with Gasteiger partial charge < -0.3 is 10.6 Å². The van der Waals surface area contributed by atoms with E-state index in [9.17, 15) is 4.39 Å². The highest BCUT2D eigenvalue weighted by molar-refractivity contribution is 9.10. The molecule has 0 aliphatic carbocycles. The first-order valence-corrected chi connectivity index (χ1v) is 8.30. The average Bonchev–Trinajstić information content (AvgIpc) is 2.66. The molecule has 20 heavy (non-hydrogen) atoms. The van der Waals surface area contributed by atoms with Crippen LogP contribution in [-0.4, -0.2) is 17.6 Å². The maximum Gasteiger partial charge on any atom is 0.161 e. The van der Waals surface area contributed by atoms with Crippen molar-refractivity contribution in [2.45, 2.75) is 45.1 Å². The van der Waals surface area contributed by atoms with Crippen LogP contribution in [0.4, 0.5) is 10.1 Å². The van der Waals surface area contributed by atoms with Gasteiger partial charge in [-0.2, -0.15) is 0 Å². The van der Waals surface area contributed by atoms with Crippen molar-refractivity contribution < 1.29 is 4.39 Å². The largest absolute Gasteiger partial charge is 0.389 e. The van der Waals surface area contributed by atoms with Crippen molar-refractivity contribution in [3.8, 4) is 0 Å². The summed E-state index contributed by atoms with van der Waals surface area (Å²) in [5.41, 5.74) is 6.83. The first-order chi connectivity index (χ1) is 9.56. The molecule has 1 aromatic carbocycles. The SMILES string of the molecule is CCC1CCCCCN1c1ccc(C(N)=S)c(Br)c1F. The van der Waals surface area contributed by atoms with Gasteiger partial charge >= 0.3 is 0 Å². The molecule has 1 aromatic rings. The van der Waals surface area contributed by atoms with Crippen molar-refractivity contribution in [2.24, 2.45) is 5.73 Å². The normalized spacial score (nSPS) is 19.8. The summed E-state index contributed by atoms with van der Waals surface area (Å²) < 4.78 is 15.0. The van der Waals surface area contributed by atoms with Crippen LogP contribution in [0.1, 0.15) is 44.6 Å². The molecule has 1 heterocycles. The third kappa shape index (κ3) is 3.14. The molecule has 2 N–H and O–H groups in total. The highest BCUT2D eigenvalue weighted by atomic mass is 79.9. The maximum absolute atomic E-state index is 14.6. The molecule has 0 bridgehead atoms. The van der Waals surface area contributed by atoms with Gasteiger partial charge in [-0.1, -0.05) is 32.0 Å². The Morgan fingerprint density at radius 1 is 1.45 bits per heavy atom. The number of nitrogens with two attached hydrogens (primary N) is 1. The fourth-order valence-corrected chi connectivity index (χ4v) is 3.72. The van der Waals surface area contributed by atoms with E-state index in [-0.39, 0.29) is 10.8 Å². The van der Waals surface area contributed by atoms with Gasteiger partial charge in [0.15, 0.2) is 5.82 Å². The highest BCUT2D eigenvalue weighted by Gasteiger charge is 2.24. The van der Waals surface area contributed by atoms with Gasteiger partial charge in [-0.3, -0.25) is 0 Å². The van der Waals surface area contributed by atoms with Crippen LogP contribution in [0.2, 0.25) is 0 Å². The Hall–Kier alpha value is -0.680. The lowest BCUT2D eigenvalue weighted by atomic mass is 10.1. The summed E-state index contributed by atoms with van der Waals surface area (Å²) in [7, 11) is 0. The van der Waals surface area contributed by atoms with Gasteiger partial charge in [-0.25, -0.2) is 4.39 Å². The third-order valence-corrected chi connectivity index (χ3v) is 4.98. The van der Waals surface area contributed by atoms with E-state index in [4.69, 9.17) is 18.0 Å². The predicted octanol–water partition coefficient (Wildman–Crippen LogP) is 4.38. The van der Waals surface area contributed by atoms with Gasteiger partial charge in [0.05, 0.1) is 10.2 Å². The van der Waals surface area contributed by atoms with Gasteiger partial charge in [0.25, 0.3) is 0 Å². The number of halogens is 2. The van der Waals surface area contributed by atoms with Gasteiger partial charge in [-0.15, -0.1) is 0 Å². The quantitative estimate of drug-likeness (QED) is 0.812. The Morgan fingerprint density at radius 3 is 2.85 bits per heavy atom. The van der Waals surface area contributed by atoms with E-state index in [2.05, 4.69) is 27.8 Å². The molecule has 0 amide bonds. The van der Waals surface area contributed by atoms with Gasteiger partial charge in [0.2, 0.25) is 0 Å². The molecule has 0 saturated carbocycles. The van der Waals surface area contributed by atoms with E-state index in [1.165, 1.54) is 12.8 Å². The molecule has 1 aliphatic heterocycles.